The van der Waals surface area contributed by atoms with Crippen LogP contribution in [0.1, 0.15) is 24.2 Å². The number of benzene rings is 2. The normalized spacial score (nSPS) is 14.5. The Balaban J connectivity index is 1.92. The molecule has 1 heterocycles. The number of furan rings is 1. The summed E-state index contributed by atoms with van der Waals surface area (Å²) in [5, 5.41) is 2.55. The fourth-order valence-corrected chi connectivity index (χ4v) is 3.06. The Morgan fingerprint density at radius 3 is 2.63 bits per heavy atom. The second-order valence-electron chi connectivity index (χ2n) is 5.29. The van der Waals surface area contributed by atoms with E-state index in [0.717, 1.165) is 12.2 Å². The second-order valence-corrected chi connectivity index (χ2v) is 5.29. The highest BCUT2D eigenvalue weighted by atomic mass is 16.3. The molecule has 2 aromatic carbocycles. The Morgan fingerprint density at radius 1 is 0.842 bits per heavy atom. The summed E-state index contributed by atoms with van der Waals surface area (Å²) in [4.78, 5) is 0. The van der Waals surface area contributed by atoms with Crippen LogP contribution in [-0.4, -0.2) is 0 Å². The van der Waals surface area contributed by atoms with Crippen molar-refractivity contribution in [3.63, 3.8) is 0 Å². The summed E-state index contributed by atoms with van der Waals surface area (Å²) in [7, 11) is 0. The van der Waals surface area contributed by atoms with Crippen LogP contribution in [-0.2, 0) is 12.8 Å². The van der Waals surface area contributed by atoms with Crippen LogP contribution >= 0.6 is 0 Å². The number of aryl methyl sites for hydroxylation is 2. The summed E-state index contributed by atoms with van der Waals surface area (Å²) in [5.74, 6) is 2.23. The van der Waals surface area contributed by atoms with Gasteiger partial charge in [-0.2, -0.15) is 0 Å². The fraction of sp³-hybridized carbons (Fsp3) is 0.222. The molecule has 0 bridgehead atoms. The van der Waals surface area contributed by atoms with Crippen LogP contribution in [0.25, 0.3) is 22.1 Å². The fourth-order valence-electron chi connectivity index (χ4n) is 3.06. The van der Waals surface area contributed by atoms with E-state index in [9.17, 15) is 0 Å². The zero-order valence-electron chi connectivity index (χ0n) is 10.9. The molecule has 4 rings (SSSR count). The third-order valence-corrected chi connectivity index (χ3v) is 4.05. The Bertz CT molecular complexity index is 708. The van der Waals surface area contributed by atoms with Gasteiger partial charge in [0, 0.05) is 12.0 Å². The van der Waals surface area contributed by atoms with Crippen molar-refractivity contribution in [1.82, 2.24) is 0 Å². The Morgan fingerprint density at radius 2 is 1.68 bits per heavy atom. The van der Waals surface area contributed by atoms with Gasteiger partial charge in [-0.15, -0.1) is 0 Å². The molecule has 0 saturated heterocycles. The van der Waals surface area contributed by atoms with Gasteiger partial charge < -0.3 is 4.42 Å². The van der Waals surface area contributed by atoms with Gasteiger partial charge >= 0.3 is 0 Å². The van der Waals surface area contributed by atoms with Crippen LogP contribution in [0.3, 0.4) is 0 Å². The van der Waals surface area contributed by atoms with E-state index in [-0.39, 0.29) is 0 Å². The van der Waals surface area contributed by atoms with Crippen molar-refractivity contribution < 1.29 is 4.42 Å². The average Bonchev–Trinajstić information content (AvgIpc) is 2.90. The van der Waals surface area contributed by atoms with Crippen LogP contribution in [0, 0.1) is 0 Å². The predicted molar refractivity (Wildman–Crippen MR) is 78.3 cm³/mol. The molecule has 0 N–H and O–H groups in total. The largest absolute Gasteiger partial charge is 0.461 e. The first-order chi connectivity index (χ1) is 9.42. The zero-order chi connectivity index (χ0) is 12.7. The summed E-state index contributed by atoms with van der Waals surface area (Å²) in [6.45, 7) is 0. The first kappa shape index (κ1) is 10.9. The Labute approximate surface area is 112 Å². The molecule has 0 amide bonds. The maximum absolute atomic E-state index is 6.10. The summed E-state index contributed by atoms with van der Waals surface area (Å²) in [5.41, 5.74) is 2.63. The molecule has 3 aromatic rings. The highest BCUT2D eigenvalue weighted by Gasteiger charge is 2.16. The van der Waals surface area contributed by atoms with Crippen LogP contribution in [0.15, 0.2) is 52.9 Å². The van der Waals surface area contributed by atoms with Gasteiger partial charge in [0.25, 0.3) is 0 Å². The van der Waals surface area contributed by atoms with Crippen LogP contribution in [0.5, 0.6) is 0 Å². The molecule has 0 radical (unpaired) electrons. The lowest BCUT2D eigenvalue weighted by molar-refractivity contribution is 0.488. The average molecular weight is 248 g/mol. The molecule has 0 fully saturated rings. The highest BCUT2D eigenvalue weighted by Crippen LogP contribution is 2.34. The number of fused-ring (bicyclic) bond motifs is 2. The summed E-state index contributed by atoms with van der Waals surface area (Å²) in [6, 6.07) is 17.2. The lowest BCUT2D eigenvalue weighted by Gasteiger charge is -2.07. The van der Waals surface area contributed by atoms with Gasteiger partial charge in [-0.1, -0.05) is 42.5 Å². The first-order valence-electron chi connectivity index (χ1n) is 7.01. The zero-order valence-corrected chi connectivity index (χ0v) is 10.9. The van der Waals surface area contributed by atoms with Gasteiger partial charge in [-0.05, 0) is 41.7 Å². The van der Waals surface area contributed by atoms with Crippen molar-refractivity contribution in [3.8, 4) is 11.3 Å². The van der Waals surface area contributed by atoms with Crippen molar-refractivity contribution in [2.75, 3.05) is 0 Å². The molecule has 0 aliphatic heterocycles. The van der Waals surface area contributed by atoms with E-state index in [2.05, 4.69) is 48.5 Å². The second kappa shape index (κ2) is 4.27. The lowest BCUT2D eigenvalue weighted by atomic mass is 9.97. The van der Waals surface area contributed by atoms with Gasteiger partial charge in [0.15, 0.2) is 0 Å². The molecule has 94 valence electrons. The quantitative estimate of drug-likeness (QED) is 0.592. The Kier molecular flexibility index (Phi) is 2.44. The number of hydrogen-bond acceptors (Lipinski definition) is 1. The molecule has 0 unspecified atom stereocenters. The van der Waals surface area contributed by atoms with E-state index < -0.39 is 0 Å². The molecule has 0 saturated carbocycles. The highest BCUT2D eigenvalue weighted by molar-refractivity contribution is 5.95. The van der Waals surface area contributed by atoms with E-state index in [1.807, 2.05) is 0 Å². The van der Waals surface area contributed by atoms with Gasteiger partial charge in [-0.25, -0.2) is 0 Å². The summed E-state index contributed by atoms with van der Waals surface area (Å²) < 4.78 is 6.10. The van der Waals surface area contributed by atoms with Crippen molar-refractivity contribution in [2.24, 2.45) is 0 Å². The molecular weight excluding hydrogens is 232 g/mol. The monoisotopic (exact) mass is 248 g/mol. The molecule has 0 spiro atoms. The first-order valence-corrected chi connectivity index (χ1v) is 7.01. The summed E-state index contributed by atoms with van der Waals surface area (Å²) >= 11 is 0. The van der Waals surface area contributed by atoms with Crippen molar-refractivity contribution in [2.45, 2.75) is 25.7 Å². The summed E-state index contributed by atoms with van der Waals surface area (Å²) in [6.07, 6.45) is 4.82. The van der Waals surface area contributed by atoms with Gasteiger partial charge in [-0.3, -0.25) is 0 Å². The van der Waals surface area contributed by atoms with E-state index in [0.29, 0.717) is 0 Å². The number of hydrogen-bond donors (Lipinski definition) is 0. The van der Waals surface area contributed by atoms with Gasteiger partial charge in [0.2, 0.25) is 0 Å². The van der Waals surface area contributed by atoms with Crippen molar-refractivity contribution in [3.05, 3.63) is 59.9 Å². The SMILES string of the molecule is c1ccc2c(-c3cc4c(o3)CCCC4)cccc2c1. The smallest absolute Gasteiger partial charge is 0.135 e. The molecular formula is C18H16O. The minimum atomic E-state index is 1.03. The molecule has 1 aliphatic rings. The van der Waals surface area contributed by atoms with Gasteiger partial charge in [0.05, 0.1) is 0 Å². The molecule has 0 atom stereocenters. The van der Waals surface area contributed by atoms with Crippen LogP contribution in [0.4, 0.5) is 0 Å². The molecule has 1 aliphatic carbocycles. The third-order valence-electron chi connectivity index (χ3n) is 4.05. The van der Waals surface area contributed by atoms with Crippen LogP contribution < -0.4 is 0 Å². The maximum Gasteiger partial charge on any atom is 0.135 e. The Hall–Kier alpha value is -2.02. The minimum absolute atomic E-state index is 1.03. The molecule has 1 heteroatoms. The molecule has 19 heavy (non-hydrogen) atoms. The van der Waals surface area contributed by atoms with E-state index in [1.54, 1.807) is 0 Å². The maximum atomic E-state index is 6.10. The van der Waals surface area contributed by atoms with Crippen LogP contribution in [0.2, 0.25) is 0 Å². The number of rotatable bonds is 1. The van der Waals surface area contributed by atoms with E-state index in [1.165, 1.54) is 46.9 Å². The lowest BCUT2D eigenvalue weighted by Crippen LogP contribution is -1.97. The van der Waals surface area contributed by atoms with Crippen molar-refractivity contribution >= 4 is 10.8 Å². The van der Waals surface area contributed by atoms with Gasteiger partial charge in [0.1, 0.15) is 11.5 Å². The minimum Gasteiger partial charge on any atom is -0.461 e. The van der Waals surface area contributed by atoms with E-state index in [4.69, 9.17) is 4.42 Å². The molecule has 1 nitrogen and oxygen atoms in total. The van der Waals surface area contributed by atoms with E-state index >= 15 is 0 Å². The van der Waals surface area contributed by atoms with Crippen molar-refractivity contribution in [1.29, 1.82) is 0 Å². The third kappa shape index (κ3) is 1.77. The topological polar surface area (TPSA) is 13.1 Å². The standard InChI is InChI=1S/C18H16O/c1-3-9-15-13(6-1)8-5-10-16(15)18-12-14-7-2-4-11-17(14)19-18/h1,3,5-6,8-10,12H,2,4,7,11H2. The molecule has 1 aromatic heterocycles. The predicted octanol–water partition coefficient (Wildman–Crippen LogP) is 4.98.